The molecule has 27 heavy (non-hydrogen) atoms. The second kappa shape index (κ2) is 10.1. The molecule has 1 saturated heterocycles. The first-order chi connectivity index (χ1) is 12.8. The highest BCUT2D eigenvalue weighted by Crippen LogP contribution is 2.31. The normalized spacial score (nSPS) is 17.6. The second-order valence-electron chi connectivity index (χ2n) is 7.92. The molecular weight excluding hydrogens is 362 g/mol. The minimum Gasteiger partial charge on any atom is -0.352 e. The van der Waals surface area contributed by atoms with Crippen LogP contribution >= 0.6 is 11.8 Å². The number of thioether (sulfide) groups is 1. The summed E-state index contributed by atoms with van der Waals surface area (Å²) in [4.78, 5) is 26.5. The third-order valence-electron chi connectivity index (χ3n) is 4.97. The van der Waals surface area contributed by atoms with Gasteiger partial charge in [-0.25, -0.2) is 0 Å². The first kappa shape index (κ1) is 21.7. The number of hydrogen-bond donors (Lipinski definition) is 1. The van der Waals surface area contributed by atoms with Crippen LogP contribution in [0.4, 0.5) is 5.69 Å². The Hall–Kier alpha value is -1.60. The van der Waals surface area contributed by atoms with Gasteiger partial charge in [0.05, 0.1) is 9.82 Å². The highest BCUT2D eigenvalue weighted by molar-refractivity contribution is 7.99. The lowest BCUT2D eigenvalue weighted by Gasteiger charge is -2.20. The van der Waals surface area contributed by atoms with E-state index in [2.05, 4.69) is 37.9 Å². The average molecular weight is 394 g/mol. The molecule has 1 aliphatic heterocycles. The lowest BCUT2D eigenvalue weighted by Crippen LogP contribution is -2.33. The van der Waals surface area contributed by atoms with Gasteiger partial charge in [0.25, 0.3) is 11.6 Å². The number of nitro groups is 1. The fraction of sp³-hybridized carbons (Fsp3) is 0.650. The first-order valence-corrected chi connectivity index (χ1v) is 10.7. The summed E-state index contributed by atoms with van der Waals surface area (Å²) >= 11 is 1.48. The predicted molar refractivity (Wildman–Crippen MR) is 110 cm³/mol. The highest BCUT2D eigenvalue weighted by atomic mass is 32.2. The van der Waals surface area contributed by atoms with E-state index >= 15 is 0 Å². The van der Waals surface area contributed by atoms with Gasteiger partial charge in [0.2, 0.25) is 0 Å². The van der Waals surface area contributed by atoms with E-state index in [-0.39, 0.29) is 11.6 Å². The van der Waals surface area contributed by atoms with Crippen LogP contribution in [0.15, 0.2) is 23.1 Å². The number of nitrogens with one attached hydrogen (secondary N) is 1. The summed E-state index contributed by atoms with van der Waals surface area (Å²) in [6.45, 7) is 11.3. The molecule has 1 atom stereocenters. The molecule has 1 N–H and O–H groups in total. The van der Waals surface area contributed by atoms with Crippen molar-refractivity contribution in [3.05, 3.63) is 33.9 Å². The molecule has 0 bridgehead atoms. The van der Waals surface area contributed by atoms with Gasteiger partial charge in [0, 0.05) is 30.8 Å². The van der Waals surface area contributed by atoms with Crippen LogP contribution in [0.5, 0.6) is 0 Å². The molecule has 1 amide bonds. The number of benzene rings is 1. The topological polar surface area (TPSA) is 75.5 Å². The highest BCUT2D eigenvalue weighted by Gasteiger charge is 2.25. The minimum atomic E-state index is -0.397. The second-order valence-corrected chi connectivity index (χ2v) is 9.06. The quantitative estimate of drug-likeness (QED) is 0.387. The molecule has 1 aliphatic rings. The van der Waals surface area contributed by atoms with Gasteiger partial charge in [-0.2, -0.15) is 0 Å². The van der Waals surface area contributed by atoms with Crippen LogP contribution < -0.4 is 5.32 Å². The van der Waals surface area contributed by atoms with E-state index in [9.17, 15) is 14.9 Å². The van der Waals surface area contributed by atoms with Crippen molar-refractivity contribution in [3.63, 3.8) is 0 Å². The van der Waals surface area contributed by atoms with Gasteiger partial charge < -0.3 is 10.2 Å². The zero-order chi connectivity index (χ0) is 20.0. The summed E-state index contributed by atoms with van der Waals surface area (Å²) in [5.41, 5.74) is 0.372. The molecule has 0 spiro atoms. The standard InChI is InChI=1S/C20H31N3O3S/c1-14(2)8-10-27-19-6-5-17(11-18(19)23(25)26)20(24)21-12-16-7-9-22(13-16)15(3)4/h5-6,11,14-16H,7-10,12-13H2,1-4H3,(H,21,24). The summed E-state index contributed by atoms with van der Waals surface area (Å²) in [6, 6.07) is 5.32. The number of likely N-dealkylation sites (tertiary alicyclic amines) is 1. The van der Waals surface area contributed by atoms with Crippen molar-refractivity contribution in [1.82, 2.24) is 10.2 Å². The first-order valence-electron chi connectivity index (χ1n) is 9.71. The number of carbonyl (C=O) groups excluding carboxylic acids is 1. The average Bonchev–Trinajstić information content (AvgIpc) is 3.08. The van der Waals surface area contributed by atoms with Crippen LogP contribution in [-0.4, -0.2) is 47.2 Å². The third-order valence-corrected chi connectivity index (χ3v) is 6.07. The Labute approximate surface area is 166 Å². The predicted octanol–water partition coefficient (Wildman–Crippen LogP) is 4.19. The Bertz CT molecular complexity index is 664. The number of carbonyl (C=O) groups is 1. The Balaban J connectivity index is 1.95. The fourth-order valence-electron chi connectivity index (χ4n) is 3.17. The largest absolute Gasteiger partial charge is 0.352 e. The van der Waals surface area contributed by atoms with Gasteiger partial charge in [-0.15, -0.1) is 11.8 Å². The molecular formula is C20H31N3O3S. The Kier molecular flexibility index (Phi) is 8.10. The van der Waals surface area contributed by atoms with Crippen molar-refractivity contribution in [2.75, 3.05) is 25.4 Å². The van der Waals surface area contributed by atoms with E-state index in [0.29, 0.717) is 34.9 Å². The van der Waals surface area contributed by atoms with Gasteiger partial charge in [0.1, 0.15) is 0 Å². The molecule has 150 valence electrons. The van der Waals surface area contributed by atoms with E-state index in [0.717, 1.165) is 31.7 Å². The Morgan fingerprint density at radius 1 is 1.37 bits per heavy atom. The molecule has 1 fully saturated rings. The van der Waals surface area contributed by atoms with Crippen LogP contribution in [0, 0.1) is 22.0 Å². The molecule has 0 saturated carbocycles. The van der Waals surface area contributed by atoms with Crippen molar-refractivity contribution in [2.45, 2.75) is 51.5 Å². The molecule has 1 aromatic rings. The maximum atomic E-state index is 12.5. The molecule has 6 nitrogen and oxygen atoms in total. The van der Waals surface area contributed by atoms with Gasteiger partial charge in [-0.05, 0) is 63.0 Å². The van der Waals surface area contributed by atoms with Crippen molar-refractivity contribution < 1.29 is 9.72 Å². The van der Waals surface area contributed by atoms with Crippen molar-refractivity contribution >= 4 is 23.4 Å². The van der Waals surface area contributed by atoms with Gasteiger partial charge in [-0.3, -0.25) is 14.9 Å². The number of nitro benzene ring substituents is 1. The van der Waals surface area contributed by atoms with E-state index < -0.39 is 4.92 Å². The Morgan fingerprint density at radius 3 is 2.70 bits per heavy atom. The lowest BCUT2D eigenvalue weighted by atomic mass is 10.1. The van der Waals surface area contributed by atoms with Gasteiger partial charge >= 0.3 is 0 Å². The number of amides is 1. The molecule has 1 unspecified atom stereocenters. The van der Waals surface area contributed by atoms with E-state index in [1.165, 1.54) is 17.8 Å². The Morgan fingerprint density at radius 2 is 2.11 bits per heavy atom. The maximum absolute atomic E-state index is 12.5. The number of hydrogen-bond acceptors (Lipinski definition) is 5. The molecule has 0 aromatic heterocycles. The van der Waals surface area contributed by atoms with Gasteiger partial charge in [0.15, 0.2) is 0 Å². The summed E-state index contributed by atoms with van der Waals surface area (Å²) in [7, 11) is 0. The fourth-order valence-corrected chi connectivity index (χ4v) is 4.42. The molecule has 7 heteroatoms. The molecule has 0 aliphatic carbocycles. The van der Waals surface area contributed by atoms with E-state index in [1.807, 2.05) is 0 Å². The maximum Gasteiger partial charge on any atom is 0.283 e. The zero-order valence-electron chi connectivity index (χ0n) is 16.7. The minimum absolute atomic E-state index is 0.0169. The van der Waals surface area contributed by atoms with Gasteiger partial charge in [-0.1, -0.05) is 13.8 Å². The molecule has 0 radical (unpaired) electrons. The smallest absolute Gasteiger partial charge is 0.283 e. The summed E-state index contributed by atoms with van der Waals surface area (Å²) in [5, 5.41) is 14.4. The van der Waals surface area contributed by atoms with Crippen LogP contribution in [0.1, 0.15) is 50.9 Å². The number of rotatable bonds is 9. The van der Waals surface area contributed by atoms with Crippen LogP contribution in [0.25, 0.3) is 0 Å². The molecule has 1 heterocycles. The number of nitrogens with zero attached hydrogens (tertiary/aromatic N) is 2. The molecule has 2 rings (SSSR count). The lowest BCUT2D eigenvalue weighted by molar-refractivity contribution is -0.387. The summed E-state index contributed by atoms with van der Waals surface area (Å²) < 4.78 is 0. The van der Waals surface area contributed by atoms with Crippen molar-refractivity contribution in [2.24, 2.45) is 11.8 Å². The van der Waals surface area contributed by atoms with E-state index in [1.54, 1.807) is 12.1 Å². The van der Waals surface area contributed by atoms with Crippen LogP contribution in [0.3, 0.4) is 0 Å². The van der Waals surface area contributed by atoms with Crippen molar-refractivity contribution in [1.29, 1.82) is 0 Å². The summed E-state index contributed by atoms with van der Waals surface area (Å²) in [6.07, 6.45) is 2.07. The molecule has 1 aromatic carbocycles. The van der Waals surface area contributed by atoms with Crippen molar-refractivity contribution in [3.8, 4) is 0 Å². The van der Waals surface area contributed by atoms with E-state index in [4.69, 9.17) is 0 Å². The summed E-state index contributed by atoms with van der Waals surface area (Å²) in [5.74, 6) is 1.60. The monoisotopic (exact) mass is 393 g/mol. The SMILES string of the molecule is CC(C)CCSc1ccc(C(=O)NCC2CCN(C(C)C)C2)cc1[N+](=O)[O-]. The third kappa shape index (κ3) is 6.50. The zero-order valence-corrected chi connectivity index (χ0v) is 17.6. The van der Waals surface area contributed by atoms with Crippen LogP contribution in [-0.2, 0) is 0 Å². The van der Waals surface area contributed by atoms with Crippen LogP contribution in [0.2, 0.25) is 0 Å².